The van der Waals surface area contributed by atoms with Gasteiger partial charge in [-0.1, -0.05) is 61.2 Å². The first-order chi connectivity index (χ1) is 7.26. The lowest BCUT2D eigenvalue weighted by atomic mass is 10.0. The standard InChI is InChI=1S/C15H18/c1-4-6-14(5-2)11-12-15-9-7-13(3)8-10-15/h4-10H,1-2,11-12H2,3H3/b14-6+. The molecule has 1 rings (SSSR count). The molecule has 0 amide bonds. The molecular weight excluding hydrogens is 180 g/mol. The van der Waals surface area contributed by atoms with Crippen molar-refractivity contribution in [3.8, 4) is 0 Å². The summed E-state index contributed by atoms with van der Waals surface area (Å²) in [6, 6.07) is 8.67. The van der Waals surface area contributed by atoms with Gasteiger partial charge >= 0.3 is 0 Å². The molecule has 0 N–H and O–H groups in total. The molecule has 0 aromatic heterocycles. The summed E-state index contributed by atoms with van der Waals surface area (Å²) in [5.74, 6) is 0. The Morgan fingerprint density at radius 2 is 1.87 bits per heavy atom. The molecule has 0 radical (unpaired) electrons. The van der Waals surface area contributed by atoms with Gasteiger partial charge < -0.3 is 0 Å². The number of benzene rings is 1. The second-order valence-electron chi connectivity index (χ2n) is 3.67. The Hall–Kier alpha value is -1.56. The van der Waals surface area contributed by atoms with E-state index in [-0.39, 0.29) is 0 Å². The molecule has 0 atom stereocenters. The van der Waals surface area contributed by atoms with E-state index >= 15 is 0 Å². The summed E-state index contributed by atoms with van der Waals surface area (Å²) in [7, 11) is 0. The minimum Gasteiger partial charge on any atom is -0.0991 e. The molecule has 0 bridgehead atoms. The SMILES string of the molecule is C=C/C=C(\C=C)CCc1ccc(C)cc1. The van der Waals surface area contributed by atoms with Crippen molar-refractivity contribution in [3.05, 3.63) is 72.4 Å². The second-order valence-corrected chi connectivity index (χ2v) is 3.67. The molecule has 0 saturated heterocycles. The van der Waals surface area contributed by atoms with Gasteiger partial charge in [0.1, 0.15) is 0 Å². The molecule has 78 valence electrons. The van der Waals surface area contributed by atoms with Gasteiger partial charge in [-0.25, -0.2) is 0 Å². The Labute approximate surface area is 92.6 Å². The topological polar surface area (TPSA) is 0 Å². The van der Waals surface area contributed by atoms with Crippen molar-refractivity contribution >= 4 is 0 Å². The summed E-state index contributed by atoms with van der Waals surface area (Å²) in [5, 5.41) is 0. The fraction of sp³-hybridized carbons (Fsp3) is 0.200. The summed E-state index contributed by atoms with van der Waals surface area (Å²) >= 11 is 0. The van der Waals surface area contributed by atoms with Gasteiger partial charge in [-0.2, -0.15) is 0 Å². The van der Waals surface area contributed by atoms with E-state index in [2.05, 4.69) is 44.3 Å². The summed E-state index contributed by atoms with van der Waals surface area (Å²) in [6.07, 6.45) is 7.81. The molecule has 1 aromatic carbocycles. The van der Waals surface area contributed by atoms with E-state index in [0.29, 0.717) is 0 Å². The van der Waals surface area contributed by atoms with Crippen LogP contribution in [0.2, 0.25) is 0 Å². The van der Waals surface area contributed by atoms with Crippen LogP contribution in [0.4, 0.5) is 0 Å². The van der Waals surface area contributed by atoms with Gasteiger partial charge in [0.15, 0.2) is 0 Å². The molecule has 0 unspecified atom stereocenters. The third kappa shape index (κ3) is 3.99. The van der Waals surface area contributed by atoms with Crippen LogP contribution in [0.3, 0.4) is 0 Å². The zero-order chi connectivity index (χ0) is 11.1. The van der Waals surface area contributed by atoms with Crippen LogP contribution in [0, 0.1) is 6.92 Å². The average molecular weight is 198 g/mol. The molecule has 1 aromatic rings. The predicted octanol–water partition coefficient (Wildman–Crippen LogP) is 4.23. The molecule has 0 aliphatic heterocycles. The minimum absolute atomic E-state index is 1.03. The quantitative estimate of drug-likeness (QED) is 0.621. The van der Waals surface area contributed by atoms with Crippen molar-refractivity contribution in [3.63, 3.8) is 0 Å². The van der Waals surface area contributed by atoms with E-state index in [1.165, 1.54) is 16.7 Å². The Kier molecular flexibility index (Phi) is 4.62. The lowest BCUT2D eigenvalue weighted by Crippen LogP contribution is -1.87. The molecule has 0 heterocycles. The number of hydrogen-bond donors (Lipinski definition) is 0. The van der Waals surface area contributed by atoms with Gasteiger partial charge in [0.05, 0.1) is 0 Å². The minimum atomic E-state index is 1.03. The third-order valence-corrected chi connectivity index (χ3v) is 2.42. The number of rotatable bonds is 5. The van der Waals surface area contributed by atoms with Gasteiger partial charge in [-0.05, 0) is 30.9 Å². The molecule has 0 heteroatoms. The van der Waals surface area contributed by atoms with Crippen molar-refractivity contribution in [2.45, 2.75) is 19.8 Å². The van der Waals surface area contributed by atoms with E-state index in [1.54, 1.807) is 0 Å². The van der Waals surface area contributed by atoms with Crippen LogP contribution in [-0.4, -0.2) is 0 Å². The van der Waals surface area contributed by atoms with Crippen LogP contribution in [0.25, 0.3) is 0 Å². The number of aryl methyl sites for hydroxylation is 2. The van der Waals surface area contributed by atoms with Crippen molar-refractivity contribution < 1.29 is 0 Å². The normalized spacial score (nSPS) is 11.1. The Morgan fingerprint density at radius 1 is 1.20 bits per heavy atom. The van der Waals surface area contributed by atoms with E-state index < -0.39 is 0 Å². The summed E-state index contributed by atoms with van der Waals surface area (Å²) in [6.45, 7) is 9.59. The number of hydrogen-bond acceptors (Lipinski definition) is 0. The Morgan fingerprint density at radius 3 is 2.40 bits per heavy atom. The highest BCUT2D eigenvalue weighted by molar-refractivity contribution is 5.25. The summed E-state index contributed by atoms with van der Waals surface area (Å²) in [4.78, 5) is 0. The predicted molar refractivity (Wildman–Crippen MR) is 68.0 cm³/mol. The maximum Gasteiger partial charge on any atom is -0.0238 e. The van der Waals surface area contributed by atoms with E-state index in [9.17, 15) is 0 Å². The fourth-order valence-corrected chi connectivity index (χ4v) is 1.45. The molecule has 0 fully saturated rings. The van der Waals surface area contributed by atoms with Crippen LogP contribution in [0.15, 0.2) is 61.2 Å². The molecule has 0 spiro atoms. The average Bonchev–Trinajstić information content (AvgIpc) is 2.26. The van der Waals surface area contributed by atoms with E-state index in [1.807, 2.05) is 18.2 Å². The highest BCUT2D eigenvalue weighted by Crippen LogP contribution is 2.11. The van der Waals surface area contributed by atoms with Gasteiger partial charge in [0, 0.05) is 0 Å². The number of allylic oxidation sites excluding steroid dienone is 4. The molecule has 0 saturated carbocycles. The first-order valence-corrected chi connectivity index (χ1v) is 5.26. The second kappa shape index (κ2) is 6.02. The van der Waals surface area contributed by atoms with Crippen molar-refractivity contribution in [2.75, 3.05) is 0 Å². The first-order valence-electron chi connectivity index (χ1n) is 5.26. The monoisotopic (exact) mass is 198 g/mol. The van der Waals surface area contributed by atoms with Crippen LogP contribution < -0.4 is 0 Å². The zero-order valence-corrected chi connectivity index (χ0v) is 9.37. The lowest BCUT2D eigenvalue weighted by molar-refractivity contribution is 0.965. The summed E-state index contributed by atoms with van der Waals surface area (Å²) in [5.41, 5.74) is 3.92. The smallest absolute Gasteiger partial charge is 0.0238 e. The van der Waals surface area contributed by atoms with Crippen LogP contribution in [-0.2, 0) is 6.42 Å². The Balaban J connectivity index is 2.56. The molecule has 0 aliphatic rings. The highest BCUT2D eigenvalue weighted by atomic mass is 14.0. The van der Waals surface area contributed by atoms with Gasteiger partial charge in [0.25, 0.3) is 0 Å². The van der Waals surface area contributed by atoms with Crippen LogP contribution >= 0.6 is 0 Å². The van der Waals surface area contributed by atoms with Crippen LogP contribution in [0.5, 0.6) is 0 Å². The van der Waals surface area contributed by atoms with Crippen LogP contribution in [0.1, 0.15) is 17.5 Å². The first kappa shape index (κ1) is 11.5. The molecular formula is C15H18. The third-order valence-electron chi connectivity index (χ3n) is 2.42. The van der Waals surface area contributed by atoms with Crippen molar-refractivity contribution in [2.24, 2.45) is 0 Å². The van der Waals surface area contributed by atoms with Crippen molar-refractivity contribution in [1.29, 1.82) is 0 Å². The largest absolute Gasteiger partial charge is 0.0991 e. The fourth-order valence-electron chi connectivity index (χ4n) is 1.45. The zero-order valence-electron chi connectivity index (χ0n) is 9.37. The molecule has 15 heavy (non-hydrogen) atoms. The van der Waals surface area contributed by atoms with Gasteiger partial charge in [0.2, 0.25) is 0 Å². The van der Waals surface area contributed by atoms with E-state index in [0.717, 1.165) is 12.8 Å². The lowest BCUT2D eigenvalue weighted by Gasteiger charge is -2.02. The molecule has 0 nitrogen and oxygen atoms in total. The maximum absolute atomic E-state index is 3.79. The van der Waals surface area contributed by atoms with Gasteiger partial charge in [-0.3, -0.25) is 0 Å². The maximum atomic E-state index is 3.79. The van der Waals surface area contributed by atoms with Gasteiger partial charge in [-0.15, -0.1) is 0 Å². The summed E-state index contributed by atoms with van der Waals surface area (Å²) < 4.78 is 0. The highest BCUT2D eigenvalue weighted by Gasteiger charge is 1.94. The van der Waals surface area contributed by atoms with E-state index in [4.69, 9.17) is 0 Å². The molecule has 0 aliphatic carbocycles. The Bertz CT molecular complexity index is 352. The van der Waals surface area contributed by atoms with Crippen molar-refractivity contribution in [1.82, 2.24) is 0 Å².